The van der Waals surface area contributed by atoms with Crippen LogP contribution in [0.2, 0.25) is 0 Å². The first-order chi connectivity index (χ1) is 7.53. The molecule has 5 heteroatoms. The molecule has 0 atom stereocenters. The maximum Gasteiger partial charge on any atom is 0.390 e. The zero-order valence-corrected chi connectivity index (χ0v) is 8.97. The van der Waals surface area contributed by atoms with Gasteiger partial charge in [0.1, 0.15) is 5.75 Å². The lowest BCUT2D eigenvalue weighted by atomic mass is 10.2. The number of halogens is 3. The van der Waals surface area contributed by atoms with Crippen molar-refractivity contribution in [3.63, 3.8) is 0 Å². The summed E-state index contributed by atoms with van der Waals surface area (Å²) in [6.07, 6.45) is -4.92. The topological polar surface area (TPSA) is 21.3 Å². The molecule has 1 aromatic carbocycles. The molecule has 0 fully saturated rings. The number of rotatable bonds is 5. The second kappa shape index (κ2) is 5.75. The fraction of sp³-hybridized carbons (Fsp3) is 0.455. The largest absolute Gasteiger partial charge is 0.496 e. The molecular formula is C11H14F3NO. The highest BCUT2D eigenvalue weighted by Gasteiger charge is 2.25. The second-order valence-corrected chi connectivity index (χ2v) is 3.35. The number of methoxy groups -OCH3 is 1. The fourth-order valence-electron chi connectivity index (χ4n) is 1.30. The molecule has 0 radical (unpaired) electrons. The van der Waals surface area contributed by atoms with Crippen molar-refractivity contribution in [1.82, 2.24) is 5.32 Å². The summed E-state index contributed by atoms with van der Waals surface area (Å²) in [6.45, 7) is 0.293. The molecule has 2 nitrogen and oxygen atoms in total. The van der Waals surface area contributed by atoms with Gasteiger partial charge in [0.05, 0.1) is 13.5 Å². The minimum absolute atomic E-state index is 0.0818. The number of alkyl halides is 3. The highest BCUT2D eigenvalue weighted by molar-refractivity contribution is 5.32. The smallest absolute Gasteiger partial charge is 0.390 e. The molecule has 0 aliphatic carbocycles. The molecule has 0 saturated carbocycles. The van der Waals surface area contributed by atoms with E-state index < -0.39 is 12.6 Å². The van der Waals surface area contributed by atoms with Gasteiger partial charge in [0.15, 0.2) is 0 Å². The standard InChI is InChI=1S/C11H14F3NO/c1-16-10-5-3-2-4-9(10)8-15-7-6-11(12,13)14/h2-5,15H,6-8H2,1H3. The first-order valence-corrected chi connectivity index (χ1v) is 4.92. The highest BCUT2D eigenvalue weighted by atomic mass is 19.4. The summed E-state index contributed by atoms with van der Waals surface area (Å²) in [6, 6.07) is 7.24. The minimum atomic E-state index is -4.10. The lowest BCUT2D eigenvalue weighted by Gasteiger charge is -2.10. The van der Waals surface area contributed by atoms with Crippen LogP contribution in [0, 0.1) is 0 Å². The van der Waals surface area contributed by atoms with Crippen LogP contribution in [-0.4, -0.2) is 19.8 Å². The minimum Gasteiger partial charge on any atom is -0.496 e. The SMILES string of the molecule is COc1ccccc1CNCCC(F)(F)F. The van der Waals surface area contributed by atoms with Crippen LogP contribution < -0.4 is 10.1 Å². The van der Waals surface area contributed by atoms with Crippen LogP contribution in [-0.2, 0) is 6.54 Å². The average Bonchev–Trinajstić information content (AvgIpc) is 2.23. The van der Waals surface area contributed by atoms with Crippen molar-refractivity contribution in [1.29, 1.82) is 0 Å². The van der Waals surface area contributed by atoms with E-state index in [0.717, 1.165) is 5.56 Å². The number of ether oxygens (including phenoxy) is 1. The molecule has 0 aliphatic heterocycles. The summed E-state index contributed by atoms with van der Waals surface area (Å²) >= 11 is 0. The monoisotopic (exact) mass is 233 g/mol. The van der Waals surface area contributed by atoms with Gasteiger partial charge in [-0.3, -0.25) is 0 Å². The molecule has 1 rings (SSSR count). The Balaban J connectivity index is 2.37. The van der Waals surface area contributed by atoms with Crippen molar-refractivity contribution in [3.8, 4) is 5.75 Å². The van der Waals surface area contributed by atoms with Crippen molar-refractivity contribution in [2.45, 2.75) is 19.1 Å². The van der Waals surface area contributed by atoms with Crippen LogP contribution in [0.1, 0.15) is 12.0 Å². The summed E-state index contributed by atoms with van der Waals surface area (Å²) in [5, 5.41) is 2.73. The number of benzene rings is 1. The maximum absolute atomic E-state index is 11.9. The molecule has 1 aromatic rings. The highest BCUT2D eigenvalue weighted by Crippen LogP contribution is 2.19. The van der Waals surface area contributed by atoms with Crippen LogP contribution in [0.3, 0.4) is 0 Å². The van der Waals surface area contributed by atoms with Gasteiger partial charge >= 0.3 is 6.18 Å². The molecule has 0 saturated heterocycles. The summed E-state index contributed by atoms with van der Waals surface area (Å²) in [5.74, 6) is 0.682. The molecule has 0 spiro atoms. The van der Waals surface area contributed by atoms with E-state index in [1.807, 2.05) is 18.2 Å². The summed E-state index contributed by atoms with van der Waals surface area (Å²) in [4.78, 5) is 0. The molecular weight excluding hydrogens is 219 g/mol. The Morgan fingerprint density at radius 3 is 2.56 bits per heavy atom. The van der Waals surface area contributed by atoms with Gasteiger partial charge in [-0.05, 0) is 6.07 Å². The second-order valence-electron chi connectivity index (χ2n) is 3.35. The molecule has 16 heavy (non-hydrogen) atoms. The Morgan fingerprint density at radius 1 is 1.25 bits per heavy atom. The summed E-state index contributed by atoms with van der Waals surface area (Å²) < 4.78 is 40.7. The third-order valence-corrected chi connectivity index (χ3v) is 2.09. The van der Waals surface area contributed by atoms with Crippen molar-refractivity contribution >= 4 is 0 Å². The molecule has 0 aliphatic rings. The van der Waals surface area contributed by atoms with Gasteiger partial charge in [-0.2, -0.15) is 13.2 Å². The van der Waals surface area contributed by atoms with Crippen molar-refractivity contribution in [2.24, 2.45) is 0 Å². The molecule has 0 heterocycles. The van der Waals surface area contributed by atoms with E-state index in [2.05, 4.69) is 5.32 Å². The van der Waals surface area contributed by atoms with E-state index in [9.17, 15) is 13.2 Å². The molecule has 0 aromatic heterocycles. The zero-order valence-electron chi connectivity index (χ0n) is 8.97. The molecule has 90 valence electrons. The van der Waals surface area contributed by atoms with E-state index in [1.54, 1.807) is 6.07 Å². The van der Waals surface area contributed by atoms with Gasteiger partial charge in [0.2, 0.25) is 0 Å². The number of hydrogen-bond acceptors (Lipinski definition) is 2. The number of nitrogens with one attached hydrogen (secondary N) is 1. The van der Waals surface area contributed by atoms with Crippen LogP contribution >= 0.6 is 0 Å². The normalized spacial score (nSPS) is 11.5. The molecule has 0 bridgehead atoms. The maximum atomic E-state index is 11.9. The van der Waals surface area contributed by atoms with Crippen LogP contribution in [0.25, 0.3) is 0 Å². The third-order valence-electron chi connectivity index (χ3n) is 2.09. The Bertz CT molecular complexity index is 325. The average molecular weight is 233 g/mol. The van der Waals surface area contributed by atoms with Crippen LogP contribution in [0.4, 0.5) is 13.2 Å². The molecule has 1 N–H and O–H groups in total. The van der Waals surface area contributed by atoms with Crippen molar-refractivity contribution in [3.05, 3.63) is 29.8 Å². The lowest BCUT2D eigenvalue weighted by Crippen LogP contribution is -2.21. The first-order valence-electron chi connectivity index (χ1n) is 4.92. The van der Waals surface area contributed by atoms with E-state index >= 15 is 0 Å². The Morgan fingerprint density at radius 2 is 1.94 bits per heavy atom. The predicted molar refractivity (Wildman–Crippen MR) is 55.4 cm³/mol. The van der Waals surface area contributed by atoms with Crippen molar-refractivity contribution < 1.29 is 17.9 Å². The van der Waals surface area contributed by atoms with E-state index in [0.29, 0.717) is 12.3 Å². The van der Waals surface area contributed by atoms with E-state index in [1.165, 1.54) is 7.11 Å². The molecule has 0 amide bonds. The number of hydrogen-bond donors (Lipinski definition) is 1. The van der Waals surface area contributed by atoms with Crippen molar-refractivity contribution in [2.75, 3.05) is 13.7 Å². The predicted octanol–water partition coefficient (Wildman–Crippen LogP) is 2.74. The van der Waals surface area contributed by atoms with Gasteiger partial charge < -0.3 is 10.1 Å². The Labute approximate surface area is 92.4 Å². The van der Waals surface area contributed by atoms with Crippen LogP contribution in [0.15, 0.2) is 24.3 Å². The van der Waals surface area contributed by atoms with Gasteiger partial charge in [-0.15, -0.1) is 0 Å². The van der Waals surface area contributed by atoms with Gasteiger partial charge in [0, 0.05) is 18.7 Å². The van der Waals surface area contributed by atoms with Crippen LogP contribution in [0.5, 0.6) is 5.75 Å². The van der Waals surface area contributed by atoms with Gasteiger partial charge in [0.25, 0.3) is 0 Å². The number of para-hydroxylation sites is 1. The fourth-order valence-corrected chi connectivity index (χ4v) is 1.30. The molecule has 0 unspecified atom stereocenters. The Hall–Kier alpha value is -1.23. The summed E-state index contributed by atoms with van der Waals surface area (Å²) in [7, 11) is 1.54. The van der Waals surface area contributed by atoms with Gasteiger partial charge in [-0.1, -0.05) is 18.2 Å². The summed E-state index contributed by atoms with van der Waals surface area (Å²) in [5.41, 5.74) is 0.854. The third kappa shape index (κ3) is 4.53. The van der Waals surface area contributed by atoms with E-state index in [-0.39, 0.29) is 6.54 Å². The lowest BCUT2D eigenvalue weighted by molar-refractivity contribution is -0.133. The zero-order chi connectivity index (χ0) is 12.0. The Kier molecular flexibility index (Phi) is 4.61. The quantitative estimate of drug-likeness (QED) is 0.789. The first kappa shape index (κ1) is 12.8. The van der Waals surface area contributed by atoms with Gasteiger partial charge in [-0.25, -0.2) is 0 Å². The van der Waals surface area contributed by atoms with E-state index in [4.69, 9.17) is 4.74 Å².